The smallest absolute Gasteiger partial charge is 0.123 e. The molecule has 0 radical (unpaired) electrons. The molecule has 2 unspecified atom stereocenters. The Morgan fingerprint density at radius 3 is 2.57 bits per heavy atom. The topological polar surface area (TPSA) is 45.2 Å². The second-order valence-corrected chi connectivity index (χ2v) is 6.32. The minimum Gasteiger partial charge on any atom is -0.393 e. The van der Waals surface area contributed by atoms with Crippen molar-refractivity contribution < 1.29 is 9.50 Å². The highest BCUT2D eigenvalue weighted by molar-refractivity contribution is 7.15. The second kappa shape index (κ2) is 7.11. The van der Waals surface area contributed by atoms with Gasteiger partial charge in [-0.25, -0.2) is 9.37 Å². The lowest BCUT2D eigenvalue weighted by Crippen LogP contribution is -2.22. The fourth-order valence-electron chi connectivity index (χ4n) is 2.13. The largest absolute Gasteiger partial charge is 0.393 e. The van der Waals surface area contributed by atoms with Gasteiger partial charge >= 0.3 is 0 Å². The maximum atomic E-state index is 13.0. The average Bonchev–Trinajstić information content (AvgIpc) is 2.81. The summed E-state index contributed by atoms with van der Waals surface area (Å²) >= 11 is 1.63. The first-order valence-corrected chi connectivity index (χ1v) is 7.93. The van der Waals surface area contributed by atoms with E-state index in [1.807, 2.05) is 6.92 Å². The van der Waals surface area contributed by atoms with Gasteiger partial charge in [-0.1, -0.05) is 0 Å². The molecule has 5 heteroatoms. The molecule has 2 N–H and O–H groups in total. The van der Waals surface area contributed by atoms with Gasteiger partial charge in [0.15, 0.2) is 0 Å². The van der Waals surface area contributed by atoms with E-state index in [2.05, 4.69) is 17.2 Å². The number of nitrogens with one attached hydrogen (secondary N) is 1. The quantitative estimate of drug-likeness (QED) is 0.855. The third-order valence-electron chi connectivity index (χ3n) is 3.33. The van der Waals surface area contributed by atoms with Gasteiger partial charge in [0.25, 0.3) is 0 Å². The minimum absolute atomic E-state index is 0.190. The Bertz CT molecular complexity index is 580. The number of aliphatic hydroxyl groups excluding tert-OH is 1. The Morgan fingerprint density at radius 1 is 1.29 bits per heavy atom. The van der Waals surface area contributed by atoms with Crippen LogP contribution in [0.4, 0.5) is 4.39 Å². The zero-order valence-corrected chi connectivity index (χ0v) is 13.4. The maximum absolute atomic E-state index is 13.0. The van der Waals surface area contributed by atoms with E-state index in [4.69, 9.17) is 0 Å². The SMILES string of the molecule is Cc1nc(-c2ccc(F)cc2)sc1C(C)NCCC(C)O. The highest BCUT2D eigenvalue weighted by Gasteiger charge is 2.15. The van der Waals surface area contributed by atoms with Gasteiger partial charge in [0.1, 0.15) is 10.8 Å². The van der Waals surface area contributed by atoms with Gasteiger partial charge in [-0.3, -0.25) is 0 Å². The normalized spacial score (nSPS) is 14.1. The number of halogens is 1. The molecule has 1 aromatic heterocycles. The number of hydrogen-bond donors (Lipinski definition) is 2. The molecule has 2 atom stereocenters. The van der Waals surface area contributed by atoms with Crippen LogP contribution in [0, 0.1) is 12.7 Å². The average molecular weight is 308 g/mol. The van der Waals surface area contributed by atoms with Crippen molar-refractivity contribution in [1.82, 2.24) is 10.3 Å². The summed E-state index contributed by atoms with van der Waals surface area (Å²) in [5, 5.41) is 13.6. The molecule has 0 aliphatic rings. The number of aromatic nitrogens is 1. The van der Waals surface area contributed by atoms with Crippen LogP contribution in [0.1, 0.15) is 36.9 Å². The Balaban J connectivity index is 2.09. The van der Waals surface area contributed by atoms with Crippen LogP contribution in [0.5, 0.6) is 0 Å². The summed E-state index contributed by atoms with van der Waals surface area (Å²) in [4.78, 5) is 5.76. The van der Waals surface area contributed by atoms with E-state index in [0.29, 0.717) is 0 Å². The molecule has 2 rings (SSSR count). The van der Waals surface area contributed by atoms with Gasteiger partial charge in [0, 0.05) is 16.5 Å². The number of aryl methyl sites for hydroxylation is 1. The number of rotatable bonds is 6. The van der Waals surface area contributed by atoms with Crippen molar-refractivity contribution in [2.24, 2.45) is 0 Å². The van der Waals surface area contributed by atoms with E-state index in [1.165, 1.54) is 17.0 Å². The molecule has 1 heterocycles. The molecule has 0 amide bonds. The van der Waals surface area contributed by atoms with Crippen LogP contribution in [0.15, 0.2) is 24.3 Å². The molecule has 1 aromatic carbocycles. The molecule has 2 aromatic rings. The van der Waals surface area contributed by atoms with Crippen molar-refractivity contribution >= 4 is 11.3 Å². The first-order chi connectivity index (χ1) is 9.97. The zero-order valence-electron chi connectivity index (χ0n) is 12.6. The Morgan fingerprint density at radius 2 is 1.95 bits per heavy atom. The minimum atomic E-state index is -0.290. The molecular formula is C16H21FN2OS. The summed E-state index contributed by atoms with van der Waals surface area (Å²) in [5.74, 6) is -0.236. The fraction of sp³-hybridized carbons (Fsp3) is 0.438. The second-order valence-electron chi connectivity index (χ2n) is 5.29. The highest BCUT2D eigenvalue weighted by Crippen LogP contribution is 2.31. The zero-order chi connectivity index (χ0) is 15.4. The summed E-state index contributed by atoms with van der Waals surface area (Å²) in [6.07, 6.45) is 0.439. The van der Waals surface area contributed by atoms with Gasteiger partial charge in [-0.2, -0.15) is 0 Å². The van der Waals surface area contributed by atoms with Crippen LogP contribution in [0.25, 0.3) is 10.6 Å². The van der Waals surface area contributed by atoms with E-state index < -0.39 is 0 Å². The van der Waals surface area contributed by atoms with Gasteiger partial charge in [-0.05, 0) is 58.0 Å². The van der Waals surface area contributed by atoms with Crippen molar-refractivity contribution in [2.75, 3.05) is 6.54 Å². The first-order valence-electron chi connectivity index (χ1n) is 7.12. The molecule has 114 valence electrons. The number of thiazole rings is 1. The summed E-state index contributed by atoms with van der Waals surface area (Å²) in [5.41, 5.74) is 1.93. The van der Waals surface area contributed by atoms with E-state index in [-0.39, 0.29) is 18.0 Å². The molecule has 0 saturated heterocycles. The Labute approximate surface area is 128 Å². The Kier molecular flexibility index (Phi) is 5.45. The molecule has 0 saturated carbocycles. The van der Waals surface area contributed by atoms with Gasteiger partial charge < -0.3 is 10.4 Å². The predicted molar refractivity (Wildman–Crippen MR) is 85.0 cm³/mol. The monoisotopic (exact) mass is 308 g/mol. The van der Waals surface area contributed by atoms with E-state index >= 15 is 0 Å². The third kappa shape index (κ3) is 4.33. The third-order valence-corrected chi connectivity index (χ3v) is 4.72. The van der Waals surface area contributed by atoms with Crippen molar-refractivity contribution in [3.63, 3.8) is 0 Å². The van der Waals surface area contributed by atoms with Crippen LogP contribution in [-0.2, 0) is 0 Å². The summed E-state index contributed by atoms with van der Waals surface area (Å²) in [6.45, 7) is 6.64. The fourth-order valence-corrected chi connectivity index (χ4v) is 3.23. The molecule has 0 aliphatic carbocycles. The highest BCUT2D eigenvalue weighted by atomic mass is 32.1. The molecule has 21 heavy (non-hydrogen) atoms. The number of hydrogen-bond acceptors (Lipinski definition) is 4. The first kappa shape index (κ1) is 16.1. The van der Waals surface area contributed by atoms with E-state index in [0.717, 1.165) is 29.2 Å². The lowest BCUT2D eigenvalue weighted by Gasteiger charge is -2.13. The summed E-state index contributed by atoms with van der Waals surface area (Å²) < 4.78 is 13.0. The molecule has 0 fully saturated rings. The molecule has 0 bridgehead atoms. The maximum Gasteiger partial charge on any atom is 0.123 e. The van der Waals surface area contributed by atoms with Gasteiger partial charge in [0.2, 0.25) is 0 Å². The summed E-state index contributed by atoms with van der Waals surface area (Å²) in [7, 11) is 0. The number of aliphatic hydroxyl groups is 1. The van der Waals surface area contributed by atoms with Crippen molar-refractivity contribution in [2.45, 2.75) is 39.3 Å². The van der Waals surface area contributed by atoms with E-state index in [1.54, 1.807) is 30.4 Å². The van der Waals surface area contributed by atoms with Crippen molar-refractivity contribution in [1.29, 1.82) is 0 Å². The van der Waals surface area contributed by atoms with E-state index in [9.17, 15) is 9.50 Å². The predicted octanol–water partition coefficient (Wildman–Crippen LogP) is 3.68. The van der Waals surface area contributed by atoms with Gasteiger partial charge in [0.05, 0.1) is 11.8 Å². The van der Waals surface area contributed by atoms with Crippen molar-refractivity contribution in [3.05, 3.63) is 40.7 Å². The van der Waals surface area contributed by atoms with Crippen LogP contribution >= 0.6 is 11.3 Å². The number of benzene rings is 1. The molecule has 0 spiro atoms. The van der Waals surface area contributed by atoms with Crippen LogP contribution < -0.4 is 5.32 Å². The van der Waals surface area contributed by atoms with Crippen LogP contribution in [-0.4, -0.2) is 22.7 Å². The molecular weight excluding hydrogens is 287 g/mol. The molecule has 0 aliphatic heterocycles. The molecule has 3 nitrogen and oxygen atoms in total. The standard InChI is InChI=1S/C16H21FN2OS/c1-10(20)8-9-18-11(2)15-12(3)19-16(21-15)13-4-6-14(17)7-5-13/h4-7,10-11,18,20H,8-9H2,1-3H3. The Hall–Kier alpha value is -1.30. The van der Waals surface area contributed by atoms with Gasteiger partial charge in [-0.15, -0.1) is 11.3 Å². The lowest BCUT2D eigenvalue weighted by molar-refractivity contribution is 0.182. The van der Waals surface area contributed by atoms with Crippen molar-refractivity contribution in [3.8, 4) is 10.6 Å². The summed E-state index contributed by atoms with van der Waals surface area (Å²) in [6, 6.07) is 6.60. The van der Waals surface area contributed by atoms with Crippen LogP contribution in [0.2, 0.25) is 0 Å². The number of nitrogens with zero attached hydrogens (tertiary/aromatic N) is 1. The van der Waals surface area contributed by atoms with Crippen LogP contribution in [0.3, 0.4) is 0 Å². The lowest BCUT2D eigenvalue weighted by atomic mass is 10.2.